The van der Waals surface area contributed by atoms with Crippen molar-refractivity contribution in [2.45, 2.75) is 46.1 Å². The molecule has 6 nitrogen and oxygen atoms in total. The Morgan fingerprint density at radius 3 is 2.69 bits per heavy atom. The highest BCUT2D eigenvalue weighted by molar-refractivity contribution is 5.93. The molecule has 0 saturated carbocycles. The van der Waals surface area contributed by atoms with Gasteiger partial charge in [0.2, 0.25) is 11.8 Å². The maximum atomic E-state index is 12.4. The van der Waals surface area contributed by atoms with Crippen LogP contribution in [0, 0.1) is 5.92 Å². The summed E-state index contributed by atoms with van der Waals surface area (Å²) in [4.78, 5) is 26.9. The van der Waals surface area contributed by atoms with Crippen molar-refractivity contribution < 1.29 is 14.3 Å². The lowest BCUT2D eigenvalue weighted by Crippen LogP contribution is -2.49. The summed E-state index contributed by atoms with van der Waals surface area (Å²) in [6, 6.07) is 7.42. The Morgan fingerprint density at radius 2 is 2.00 bits per heavy atom. The highest BCUT2D eigenvalue weighted by atomic mass is 16.5. The van der Waals surface area contributed by atoms with Crippen molar-refractivity contribution in [3.63, 3.8) is 0 Å². The van der Waals surface area contributed by atoms with E-state index in [2.05, 4.69) is 15.5 Å². The van der Waals surface area contributed by atoms with Crippen molar-refractivity contribution in [1.82, 2.24) is 10.2 Å². The van der Waals surface area contributed by atoms with Gasteiger partial charge < -0.3 is 15.4 Å². The number of rotatable bonds is 6. The molecular weight excluding hydrogens is 330 g/mol. The third-order valence-corrected chi connectivity index (χ3v) is 4.20. The first-order valence-corrected chi connectivity index (χ1v) is 9.34. The summed E-state index contributed by atoms with van der Waals surface area (Å²) in [5.41, 5.74) is 0.443. The Kier molecular flexibility index (Phi) is 7.03. The molecule has 0 aromatic heterocycles. The zero-order valence-electron chi connectivity index (χ0n) is 16.3. The molecule has 26 heavy (non-hydrogen) atoms. The predicted molar refractivity (Wildman–Crippen MR) is 103 cm³/mol. The molecule has 1 heterocycles. The lowest BCUT2D eigenvalue weighted by molar-refractivity contribution is -0.129. The van der Waals surface area contributed by atoms with Gasteiger partial charge in [0, 0.05) is 12.1 Å². The molecule has 1 aliphatic heterocycles. The fourth-order valence-electron chi connectivity index (χ4n) is 3.13. The quantitative estimate of drug-likeness (QED) is 0.817. The van der Waals surface area contributed by atoms with Gasteiger partial charge in [0.1, 0.15) is 5.75 Å². The van der Waals surface area contributed by atoms with Crippen LogP contribution in [0.3, 0.4) is 0 Å². The molecule has 2 amide bonds. The molecule has 1 aliphatic rings. The minimum atomic E-state index is -0.236. The summed E-state index contributed by atoms with van der Waals surface area (Å²) in [5, 5.41) is 5.96. The van der Waals surface area contributed by atoms with Crippen LogP contribution in [0.5, 0.6) is 5.75 Å². The summed E-state index contributed by atoms with van der Waals surface area (Å²) in [7, 11) is 0. The van der Waals surface area contributed by atoms with E-state index in [4.69, 9.17) is 4.74 Å². The molecule has 1 aromatic carbocycles. The minimum absolute atomic E-state index is 0.0634. The average Bonchev–Trinajstić information content (AvgIpc) is 2.55. The molecule has 1 atom stereocenters. The van der Waals surface area contributed by atoms with Gasteiger partial charge in [-0.3, -0.25) is 14.5 Å². The number of hydrogen-bond acceptors (Lipinski definition) is 4. The van der Waals surface area contributed by atoms with Crippen molar-refractivity contribution in [2.75, 3.05) is 31.6 Å². The van der Waals surface area contributed by atoms with Crippen molar-refractivity contribution >= 4 is 17.5 Å². The van der Waals surface area contributed by atoms with Gasteiger partial charge in [-0.25, -0.2) is 0 Å². The number of anilines is 1. The molecule has 6 heteroatoms. The zero-order valence-corrected chi connectivity index (χ0v) is 16.3. The normalized spacial score (nSPS) is 18.2. The Balaban J connectivity index is 1.90. The van der Waals surface area contributed by atoms with Gasteiger partial charge in [0.25, 0.3) is 0 Å². The van der Waals surface area contributed by atoms with E-state index in [0.717, 1.165) is 19.4 Å². The highest BCUT2D eigenvalue weighted by Crippen LogP contribution is 2.24. The SMILES string of the molecule is CCOc1ccccc1NC(=O)CN1CCCC(C(=O)NC(C)(C)C)C1. The van der Waals surface area contributed by atoms with Crippen LogP contribution in [0.2, 0.25) is 0 Å². The van der Waals surface area contributed by atoms with Gasteiger partial charge in [-0.15, -0.1) is 0 Å². The monoisotopic (exact) mass is 361 g/mol. The summed E-state index contributed by atoms with van der Waals surface area (Å²) in [5.74, 6) is 0.592. The number of piperidine rings is 1. The third-order valence-electron chi connectivity index (χ3n) is 4.20. The first-order chi connectivity index (χ1) is 12.3. The van der Waals surface area contributed by atoms with Crippen LogP contribution in [0.1, 0.15) is 40.5 Å². The first-order valence-electron chi connectivity index (χ1n) is 9.34. The van der Waals surface area contributed by atoms with E-state index in [1.807, 2.05) is 52.0 Å². The second kappa shape index (κ2) is 9.03. The number of para-hydroxylation sites is 2. The zero-order chi connectivity index (χ0) is 19.2. The molecule has 1 aromatic rings. The Morgan fingerprint density at radius 1 is 1.27 bits per heavy atom. The molecule has 2 rings (SSSR count). The minimum Gasteiger partial charge on any atom is -0.492 e. The first kappa shape index (κ1) is 20.2. The average molecular weight is 361 g/mol. The molecular formula is C20H31N3O3. The summed E-state index contributed by atoms with van der Waals surface area (Å²) >= 11 is 0. The van der Waals surface area contributed by atoms with Crippen LogP contribution in [0.15, 0.2) is 24.3 Å². The predicted octanol–water partition coefficient (Wildman–Crippen LogP) is 2.65. The van der Waals surface area contributed by atoms with Gasteiger partial charge in [-0.05, 0) is 59.2 Å². The fourth-order valence-corrected chi connectivity index (χ4v) is 3.13. The number of nitrogens with one attached hydrogen (secondary N) is 2. The van der Waals surface area contributed by atoms with Crippen molar-refractivity contribution in [1.29, 1.82) is 0 Å². The van der Waals surface area contributed by atoms with E-state index in [1.165, 1.54) is 0 Å². The Hall–Kier alpha value is -2.08. The van der Waals surface area contributed by atoms with Crippen LogP contribution in [0.25, 0.3) is 0 Å². The van der Waals surface area contributed by atoms with Crippen molar-refractivity contribution in [3.8, 4) is 5.75 Å². The number of amides is 2. The van der Waals surface area contributed by atoms with E-state index in [9.17, 15) is 9.59 Å². The second-order valence-electron chi connectivity index (χ2n) is 7.79. The summed E-state index contributed by atoms with van der Waals surface area (Å²) in [6.45, 7) is 10.1. The van der Waals surface area contributed by atoms with E-state index in [-0.39, 0.29) is 29.8 Å². The number of nitrogens with zero attached hydrogens (tertiary/aromatic N) is 1. The molecule has 1 unspecified atom stereocenters. The molecule has 0 radical (unpaired) electrons. The van der Waals surface area contributed by atoms with Gasteiger partial charge in [0.05, 0.1) is 24.8 Å². The number of benzene rings is 1. The number of ether oxygens (including phenoxy) is 1. The largest absolute Gasteiger partial charge is 0.492 e. The Bertz CT molecular complexity index is 625. The number of hydrogen-bond donors (Lipinski definition) is 2. The van der Waals surface area contributed by atoms with E-state index >= 15 is 0 Å². The van der Waals surface area contributed by atoms with Gasteiger partial charge in [-0.1, -0.05) is 12.1 Å². The fraction of sp³-hybridized carbons (Fsp3) is 0.600. The molecule has 0 bridgehead atoms. The smallest absolute Gasteiger partial charge is 0.238 e. The molecule has 0 spiro atoms. The lowest BCUT2D eigenvalue weighted by atomic mass is 9.95. The molecule has 1 fully saturated rings. The van der Waals surface area contributed by atoms with Crippen molar-refractivity contribution in [3.05, 3.63) is 24.3 Å². The number of carbonyl (C=O) groups is 2. The second-order valence-corrected chi connectivity index (χ2v) is 7.79. The van der Waals surface area contributed by atoms with Crippen LogP contribution < -0.4 is 15.4 Å². The van der Waals surface area contributed by atoms with Gasteiger partial charge in [0.15, 0.2) is 0 Å². The Labute approximate surface area is 156 Å². The summed E-state index contributed by atoms with van der Waals surface area (Å²) < 4.78 is 5.54. The van der Waals surface area contributed by atoms with Crippen LogP contribution in [-0.4, -0.2) is 48.5 Å². The summed E-state index contributed by atoms with van der Waals surface area (Å²) in [6.07, 6.45) is 1.79. The van der Waals surface area contributed by atoms with Crippen LogP contribution in [-0.2, 0) is 9.59 Å². The van der Waals surface area contributed by atoms with Gasteiger partial charge >= 0.3 is 0 Å². The number of likely N-dealkylation sites (tertiary alicyclic amines) is 1. The standard InChI is InChI=1S/C20H31N3O3/c1-5-26-17-11-7-6-10-16(17)21-18(24)14-23-12-8-9-15(13-23)19(25)22-20(2,3)4/h6-7,10-11,15H,5,8-9,12-14H2,1-4H3,(H,21,24)(H,22,25). The van der Waals surface area contributed by atoms with Crippen LogP contribution >= 0.6 is 0 Å². The van der Waals surface area contributed by atoms with Crippen LogP contribution in [0.4, 0.5) is 5.69 Å². The molecule has 1 saturated heterocycles. The topological polar surface area (TPSA) is 70.7 Å². The lowest BCUT2D eigenvalue weighted by Gasteiger charge is -2.33. The van der Waals surface area contributed by atoms with Gasteiger partial charge in [-0.2, -0.15) is 0 Å². The maximum absolute atomic E-state index is 12.4. The van der Waals surface area contributed by atoms with E-state index < -0.39 is 0 Å². The maximum Gasteiger partial charge on any atom is 0.238 e. The van der Waals surface area contributed by atoms with Crippen molar-refractivity contribution in [2.24, 2.45) is 5.92 Å². The molecule has 2 N–H and O–H groups in total. The van der Waals surface area contributed by atoms with E-state index in [0.29, 0.717) is 24.6 Å². The van der Waals surface area contributed by atoms with E-state index in [1.54, 1.807) is 0 Å². The molecule has 0 aliphatic carbocycles. The highest BCUT2D eigenvalue weighted by Gasteiger charge is 2.28. The number of carbonyl (C=O) groups excluding carboxylic acids is 2. The molecule has 144 valence electrons. The third kappa shape index (κ3) is 6.33.